The molecule has 1 aliphatic carbocycles. The molecule has 1 amide bonds. The molecule has 23 heavy (non-hydrogen) atoms. The van der Waals surface area contributed by atoms with Gasteiger partial charge in [0.15, 0.2) is 0 Å². The highest BCUT2D eigenvalue weighted by atomic mass is 16.2. The number of rotatable bonds is 5. The smallest absolute Gasteiger partial charge is 0.230 e. The van der Waals surface area contributed by atoms with Gasteiger partial charge in [-0.25, -0.2) is 0 Å². The second-order valence-electron chi connectivity index (χ2n) is 6.46. The summed E-state index contributed by atoms with van der Waals surface area (Å²) in [6.07, 6.45) is 5.91. The van der Waals surface area contributed by atoms with E-state index in [9.17, 15) is 4.79 Å². The van der Waals surface area contributed by atoms with E-state index in [1.54, 1.807) is 0 Å². The van der Waals surface area contributed by atoms with Crippen molar-refractivity contribution < 1.29 is 4.79 Å². The molecule has 1 aliphatic rings. The molecule has 3 nitrogen and oxygen atoms in total. The molecule has 0 aliphatic heterocycles. The first-order valence-corrected chi connectivity index (χ1v) is 8.47. The van der Waals surface area contributed by atoms with Gasteiger partial charge in [0.25, 0.3) is 0 Å². The number of hydrogen-bond acceptors (Lipinski definition) is 2. The fraction of sp³-hybridized carbons (Fsp3) is 0.400. The summed E-state index contributed by atoms with van der Waals surface area (Å²) < 4.78 is 0. The Morgan fingerprint density at radius 2 is 1.83 bits per heavy atom. The highest BCUT2D eigenvalue weighted by molar-refractivity contribution is 5.89. The van der Waals surface area contributed by atoms with Crippen molar-refractivity contribution >= 4 is 5.91 Å². The first kappa shape index (κ1) is 15.7. The third kappa shape index (κ3) is 3.00. The molecule has 3 rings (SSSR count). The van der Waals surface area contributed by atoms with E-state index in [4.69, 9.17) is 0 Å². The second kappa shape index (κ2) is 6.53. The highest BCUT2D eigenvalue weighted by Crippen LogP contribution is 2.44. The van der Waals surface area contributed by atoms with Gasteiger partial charge in [0.1, 0.15) is 0 Å². The maximum atomic E-state index is 12.6. The number of aryl methyl sites for hydroxylation is 1. The van der Waals surface area contributed by atoms with Gasteiger partial charge in [-0.2, -0.15) is 0 Å². The normalized spacial score (nSPS) is 15.7. The zero-order valence-electron chi connectivity index (χ0n) is 13.9. The van der Waals surface area contributed by atoms with Crippen molar-refractivity contribution in [2.45, 2.75) is 44.9 Å². The van der Waals surface area contributed by atoms with Crippen molar-refractivity contribution in [3.05, 3.63) is 53.9 Å². The van der Waals surface area contributed by atoms with Gasteiger partial charge in [-0.15, -0.1) is 0 Å². The number of amides is 1. The summed E-state index contributed by atoms with van der Waals surface area (Å²) in [4.78, 5) is 16.9. The number of nitrogens with zero attached hydrogens (tertiary/aromatic N) is 1. The standard InChI is InChI=1S/C20H24N2O/c1-3-13-21-19(23)20(11-4-12-20)18-9-7-16(8-10-18)17-6-5-15(2)22-14-17/h5-10,14H,3-4,11-13H2,1-2H3,(H,21,23). The second-order valence-corrected chi connectivity index (χ2v) is 6.46. The van der Waals surface area contributed by atoms with Gasteiger partial charge in [-0.05, 0) is 43.4 Å². The summed E-state index contributed by atoms with van der Waals surface area (Å²) in [7, 11) is 0. The molecule has 1 fully saturated rings. The predicted octanol–water partition coefficient (Wildman–Crippen LogP) is 4.00. The maximum absolute atomic E-state index is 12.6. The van der Waals surface area contributed by atoms with Crippen molar-refractivity contribution in [3.63, 3.8) is 0 Å². The van der Waals surface area contributed by atoms with Crippen molar-refractivity contribution in [3.8, 4) is 11.1 Å². The number of nitrogens with one attached hydrogen (secondary N) is 1. The van der Waals surface area contributed by atoms with Crippen LogP contribution in [0.4, 0.5) is 0 Å². The number of hydrogen-bond donors (Lipinski definition) is 1. The van der Waals surface area contributed by atoms with Gasteiger partial charge in [-0.1, -0.05) is 43.7 Å². The monoisotopic (exact) mass is 308 g/mol. The molecule has 1 aromatic heterocycles. The summed E-state index contributed by atoms with van der Waals surface area (Å²) in [5.41, 5.74) is 4.11. The predicted molar refractivity (Wildman–Crippen MR) is 93.2 cm³/mol. The Kier molecular flexibility index (Phi) is 4.46. The van der Waals surface area contributed by atoms with Gasteiger partial charge in [0, 0.05) is 24.0 Å². The molecule has 1 heterocycles. The van der Waals surface area contributed by atoms with Crippen LogP contribution < -0.4 is 5.32 Å². The van der Waals surface area contributed by atoms with E-state index in [1.165, 1.54) is 0 Å². The Hall–Kier alpha value is -2.16. The largest absolute Gasteiger partial charge is 0.355 e. The molecule has 1 aromatic carbocycles. The Morgan fingerprint density at radius 3 is 2.35 bits per heavy atom. The van der Waals surface area contributed by atoms with Crippen molar-refractivity contribution in [1.82, 2.24) is 10.3 Å². The lowest BCUT2D eigenvalue weighted by Crippen LogP contribution is -2.49. The van der Waals surface area contributed by atoms with Gasteiger partial charge in [0.2, 0.25) is 5.91 Å². The molecule has 0 bridgehead atoms. The molecule has 3 heteroatoms. The molecule has 0 saturated heterocycles. The van der Waals surface area contributed by atoms with Crippen LogP contribution >= 0.6 is 0 Å². The quantitative estimate of drug-likeness (QED) is 0.907. The van der Waals surface area contributed by atoms with Crippen LogP contribution in [0, 0.1) is 6.92 Å². The van der Waals surface area contributed by atoms with Gasteiger partial charge in [-0.3, -0.25) is 9.78 Å². The highest BCUT2D eigenvalue weighted by Gasteiger charge is 2.45. The van der Waals surface area contributed by atoms with E-state index in [1.807, 2.05) is 19.2 Å². The third-order valence-electron chi connectivity index (χ3n) is 4.86. The van der Waals surface area contributed by atoms with Crippen LogP contribution in [0.15, 0.2) is 42.6 Å². The number of pyridine rings is 1. The fourth-order valence-corrected chi connectivity index (χ4v) is 3.21. The lowest BCUT2D eigenvalue weighted by atomic mass is 9.63. The first-order chi connectivity index (χ1) is 11.2. The molecule has 1 saturated carbocycles. The first-order valence-electron chi connectivity index (χ1n) is 8.47. The third-order valence-corrected chi connectivity index (χ3v) is 4.86. The number of benzene rings is 1. The van der Waals surface area contributed by atoms with E-state index in [2.05, 4.69) is 47.6 Å². The number of aromatic nitrogens is 1. The lowest BCUT2D eigenvalue weighted by molar-refractivity contribution is -0.129. The zero-order valence-corrected chi connectivity index (χ0v) is 13.9. The Labute approximate surface area is 138 Å². The summed E-state index contributed by atoms with van der Waals surface area (Å²) in [6.45, 7) is 4.83. The minimum absolute atomic E-state index is 0.190. The van der Waals surface area contributed by atoms with Crippen LogP contribution in [-0.2, 0) is 10.2 Å². The molecule has 0 atom stereocenters. The minimum atomic E-state index is -0.306. The SMILES string of the molecule is CCCNC(=O)C1(c2ccc(-c3ccc(C)nc3)cc2)CCC1. The Balaban J connectivity index is 1.83. The molecule has 2 aromatic rings. The maximum Gasteiger partial charge on any atom is 0.230 e. The Morgan fingerprint density at radius 1 is 1.13 bits per heavy atom. The van der Waals surface area contributed by atoms with E-state index < -0.39 is 0 Å². The zero-order chi connectivity index (χ0) is 16.3. The van der Waals surface area contributed by atoms with Crippen LogP contribution in [0.2, 0.25) is 0 Å². The van der Waals surface area contributed by atoms with Crippen molar-refractivity contribution in [2.75, 3.05) is 6.54 Å². The molecule has 0 radical (unpaired) electrons. The lowest BCUT2D eigenvalue weighted by Gasteiger charge is -2.40. The van der Waals surface area contributed by atoms with E-state index >= 15 is 0 Å². The van der Waals surface area contributed by atoms with Gasteiger partial charge < -0.3 is 5.32 Å². The van der Waals surface area contributed by atoms with Crippen LogP contribution in [0.5, 0.6) is 0 Å². The van der Waals surface area contributed by atoms with Crippen molar-refractivity contribution in [1.29, 1.82) is 0 Å². The average Bonchev–Trinajstić information content (AvgIpc) is 2.53. The Bertz CT molecular complexity index is 670. The average molecular weight is 308 g/mol. The van der Waals surface area contributed by atoms with Crippen molar-refractivity contribution in [2.24, 2.45) is 0 Å². The van der Waals surface area contributed by atoms with Crippen LogP contribution in [0.1, 0.15) is 43.9 Å². The summed E-state index contributed by atoms with van der Waals surface area (Å²) in [6, 6.07) is 12.5. The fourth-order valence-electron chi connectivity index (χ4n) is 3.21. The minimum Gasteiger partial charge on any atom is -0.355 e. The molecular weight excluding hydrogens is 284 g/mol. The molecular formula is C20H24N2O. The van der Waals surface area contributed by atoms with Gasteiger partial charge >= 0.3 is 0 Å². The molecule has 0 unspecified atom stereocenters. The summed E-state index contributed by atoms with van der Waals surface area (Å²) in [5, 5.41) is 3.08. The van der Waals surface area contributed by atoms with Crippen LogP contribution in [0.25, 0.3) is 11.1 Å². The number of carbonyl (C=O) groups excluding carboxylic acids is 1. The summed E-state index contributed by atoms with van der Waals surface area (Å²) in [5.74, 6) is 0.190. The number of carbonyl (C=O) groups is 1. The molecule has 120 valence electrons. The molecule has 1 N–H and O–H groups in total. The summed E-state index contributed by atoms with van der Waals surface area (Å²) >= 11 is 0. The topological polar surface area (TPSA) is 42.0 Å². The van der Waals surface area contributed by atoms with Gasteiger partial charge in [0.05, 0.1) is 5.41 Å². The molecule has 0 spiro atoms. The van der Waals surface area contributed by atoms with E-state index in [-0.39, 0.29) is 11.3 Å². The van der Waals surface area contributed by atoms with Crippen LogP contribution in [0.3, 0.4) is 0 Å². The van der Waals surface area contributed by atoms with E-state index in [0.717, 1.165) is 54.6 Å². The van der Waals surface area contributed by atoms with Crippen LogP contribution in [-0.4, -0.2) is 17.4 Å². The van der Waals surface area contributed by atoms with E-state index in [0.29, 0.717) is 0 Å².